The average Bonchev–Trinajstić information content (AvgIpc) is 2.47. The number of halogens is 1. The van der Waals surface area contributed by atoms with Gasteiger partial charge in [-0.25, -0.2) is 13.4 Å². The highest BCUT2D eigenvalue weighted by molar-refractivity contribution is 7.92. The number of pyridine rings is 1. The minimum atomic E-state index is -3.74. The van der Waals surface area contributed by atoms with Crippen LogP contribution >= 0.6 is 11.6 Å². The average molecular weight is 340 g/mol. The molecule has 116 valence electrons. The van der Waals surface area contributed by atoms with Crippen molar-refractivity contribution < 1.29 is 13.2 Å². The molecule has 0 atom stereocenters. The van der Waals surface area contributed by atoms with Crippen molar-refractivity contribution in [3.63, 3.8) is 0 Å². The molecular formula is C14H14ClN3O3S. The third-order valence-corrected chi connectivity index (χ3v) is 4.87. The Morgan fingerprint density at radius 1 is 1.18 bits per heavy atom. The van der Waals surface area contributed by atoms with Crippen molar-refractivity contribution in [3.8, 4) is 0 Å². The molecule has 8 heteroatoms. The number of nitrogens with zero attached hydrogens (tertiary/aromatic N) is 2. The van der Waals surface area contributed by atoms with Crippen molar-refractivity contribution in [1.29, 1.82) is 0 Å². The van der Waals surface area contributed by atoms with Gasteiger partial charge in [0.25, 0.3) is 10.0 Å². The van der Waals surface area contributed by atoms with Crippen LogP contribution in [0.2, 0.25) is 5.02 Å². The van der Waals surface area contributed by atoms with Crippen LogP contribution in [-0.4, -0.2) is 26.4 Å². The second kappa shape index (κ2) is 6.33. The van der Waals surface area contributed by atoms with E-state index in [0.717, 1.165) is 4.31 Å². The summed E-state index contributed by atoms with van der Waals surface area (Å²) >= 11 is 5.74. The first-order chi connectivity index (χ1) is 10.3. The fourth-order valence-corrected chi connectivity index (χ4v) is 3.01. The van der Waals surface area contributed by atoms with Crippen molar-refractivity contribution in [2.75, 3.05) is 16.7 Å². The zero-order valence-corrected chi connectivity index (χ0v) is 13.5. The number of nitrogens with one attached hydrogen (secondary N) is 1. The van der Waals surface area contributed by atoms with Crippen LogP contribution in [0, 0.1) is 0 Å². The van der Waals surface area contributed by atoms with E-state index in [1.165, 1.54) is 50.5 Å². The van der Waals surface area contributed by atoms with Gasteiger partial charge in [0.2, 0.25) is 5.91 Å². The van der Waals surface area contributed by atoms with Crippen molar-refractivity contribution in [2.45, 2.75) is 11.8 Å². The first-order valence-electron chi connectivity index (χ1n) is 6.29. The molecule has 0 fully saturated rings. The summed E-state index contributed by atoms with van der Waals surface area (Å²) in [6, 6.07) is 8.98. The molecule has 0 spiro atoms. The maximum Gasteiger partial charge on any atom is 0.265 e. The molecule has 22 heavy (non-hydrogen) atoms. The van der Waals surface area contributed by atoms with Gasteiger partial charge in [-0.15, -0.1) is 0 Å². The lowest BCUT2D eigenvalue weighted by atomic mass is 10.3. The summed E-state index contributed by atoms with van der Waals surface area (Å²) < 4.78 is 26.1. The Bertz CT molecular complexity index is 774. The van der Waals surface area contributed by atoms with Gasteiger partial charge in [-0.1, -0.05) is 11.6 Å². The van der Waals surface area contributed by atoms with E-state index in [2.05, 4.69) is 10.3 Å². The number of aromatic nitrogens is 1. The Kier molecular flexibility index (Phi) is 4.68. The van der Waals surface area contributed by atoms with Gasteiger partial charge in [-0.2, -0.15) is 0 Å². The lowest BCUT2D eigenvalue weighted by molar-refractivity contribution is -0.114. The number of benzene rings is 1. The standard InChI is InChI=1S/C14H14ClN3O3S/c1-10(19)17-12-4-6-13(7-5-12)22(20,21)18(2)14-8-3-11(15)9-16-14/h3-9H,1-2H3,(H,17,19). The number of anilines is 2. The maximum absolute atomic E-state index is 12.5. The number of carbonyl (C=O) groups excluding carboxylic acids is 1. The highest BCUT2D eigenvalue weighted by Gasteiger charge is 2.22. The number of amides is 1. The first kappa shape index (κ1) is 16.3. The molecule has 6 nitrogen and oxygen atoms in total. The van der Waals surface area contributed by atoms with Gasteiger partial charge >= 0.3 is 0 Å². The largest absolute Gasteiger partial charge is 0.326 e. The first-order valence-corrected chi connectivity index (χ1v) is 8.10. The van der Waals surface area contributed by atoms with Crippen LogP contribution in [0.3, 0.4) is 0 Å². The smallest absolute Gasteiger partial charge is 0.265 e. The van der Waals surface area contributed by atoms with Crippen molar-refractivity contribution >= 4 is 39.0 Å². The van der Waals surface area contributed by atoms with Crippen molar-refractivity contribution in [1.82, 2.24) is 4.98 Å². The quantitative estimate of drug-likeness (QED) is 0.928. The molecule has 0 aliphatic rings. The molecule has 1 N–H and O–H groups in total. The highest BCUT2D eigenvalue weighted by Crippen LogP contribution is 2.22. The SMILES string of the molecule is CC(=O)Nc1ccc(S(=O)(=O)N(C)c2ccc(Cl)cn2)cc1. The maximum atomic E-state index is 12.5. The number of carbonyl (C=O) groups is 1. The lowest BCUT2D eigenvalue weighted by Gasteiger charge is -2.18. The minimum Gasteiger partial charge on any atom is -0.326 e. The van der Waals surface area contributed by atoms with E-state index in [1.807, 2.05) is 0 Å². The summed E-state index contributed by atoms with van der Waals surface area (Å²) in [5, 5.41) is 3.00. The van der Waals surface area contributed by atoms with Crippen LogP contribution < -0.4 is 9.62 Å². The minimum absolute atomic E-state index is 0.0980. The van der Waals surface area contributed by atoms with E-state index >= 15 is 0 Å². The molecule has 1 amide bonds. The van der Waals surface area contributed by atoms with Crippen LogP contribution in [0.5, 0.6) is 0 Å². The predicted octanol–water partition coefficient (Wildman–Crippen LogP) is 2.52. The van der Waals surface area contributed by atoms with Gasteiger partial charge in [-0.05, 0) is 36.4 Å². The molecule has 0 aliphatic heterocycles. The number of rotatable bonds is 4. The summed E-state index contributed by atoms with van der Waals surface area (Å²) in [4.78, 5) is 15.0. The third kappa shape index (κ3) is 3.55. The molecule has 0 saturated carbocycles. The normalized spacial score (nSPS) is 11.0. The fourth-order valence-electron chi connectivity index (χ4n) is 1.75. The van der Waals surface area contributed by atoms with Crippen LogP contribution in [-0.2, 0) is 14.8 Å². The van der Waals surface area contributed by atoms with Gasteiger partial charge in [0, 0.05) is 25.9 Å². The Labute approximate surface area is 133 Å². The number of sulfonamides is 1. The molecule has 0 aliphatic carbocycles. The summed E-state index contributed by atoms with van der Waals surface area (Å²) in [6.45, 7) is 1.38. The molecule has 0 bridgehead atoms. The van der Waals surface area contributed by atoms with Gasteiger partial charge in [0.05, 0.1) is 9.92 Å². The van der Waals surface area contributed by atoms with E-state index in [-0.39, 0.29) is 16.6 Å². The molecule has 0 unspecified atom stereocenters. The molecule has 2 rings (SSSR count). The zero-order chi connectivity index (χ0) is 16.3. The van der Waals surface area contributed by atoms with E-state index in [9.17, 15) is 13.2 Å². The Morgan fingerprint density at radius 2 is 1.82 bits per heavy atom. The van der Waals surface area contributed by atoms with E-state index in [0.29, 0.717) is 10.7 Å². The van der Waals surface area contributed by atoms with Crippen LogP contribution in [0.1, 0.15) is 6.92 Å². The number of hydrogen-bond acceptors (Lipinski definition) is 4. The molecule has 2 aromatic rings. The second-order valence-electron chi connectivity index (χ2n) is 4.51. The van der Waals surface area contributed by atoms with Crippen LogP contribution in [0.25, 0.3) is 0 Å². The van der Waals surface area contributed by atoms with E-state index < -0.39 is 10.0 Å². The molecule has 1 aromatic carbocycles. The predicted molar refractivity (Wildman–Crippen MR) is 85.6 cm³/mol. The monoisotopic (exact) mass is 339 g/mol. The lowest BCUT2D eigenvalue weighted by Crippen LogP contribution is -2.27. The summed E-state index contributed by atoms with van der Waals surface area (Å²) in [5.74, 6) is 0.0356. The topological polar surface area (TPSA) is 79.4 Å². The van der Waals surface area contributed by atoms with Gasteiger partial charge in [0.1, 0.15) is 5.82 Å². The fraction of sp³-hybridized carbons (Fsp3) is 0.143. The molecule has 1 heterocycles. The Balaban J connectivity index is 2.29. The van der Waals surface area contributed by atoms with E-state index in [1.54, 1.807) is 6.07 Å². The summed E-state index contributed by atoms with van der Waals surface area (Å²) in [7, 11) is -2.33. The van der Waals surface area contributed by atoms with Crippen molar-refractivity contribution in [3.05, 3.63) is 47.6 Å². The zero-order valence-electron chi connectivity index (χ0n) is 11.9. The summed E-state index contributed by atoms with van der Waals surface area (Å²) in [6.07, 6.45) is 1.38. The van der Waals surface area contributed by atoms with Gasteiger partial charge in [-0.3, -0.25) is 9.10 Å². The molecule has 0 radical (unpaired) electrons. The van der Waals surface area contributed by atoms with E-state index in [4.69, 9.17) is 11.6 Å². The van der Waals surface area contributed by atoms with Crippen molar-refractivity contribution in [2.24, 2.45) is 0 Å². The third-order valence-electron chi connectivity index (χ3n) is 2.87. The number of hydrogen-bond donors (Lipinski definition) is 1. The Morgan fingerprint density at radius 3 is 2.32 bits per heavy atom. The van der Waals surface area contributed by atoms with Crippen LogP contribution in [0.15, 0.2) is 47.5 Å². The van der Waals surface area contributed by atoms with Gasteiger partial charge in [0.15, 0.2) is 0 Å². The summed E-state index contributed by atoms with van der Waals surface area (Å²) in [5.41, 5.74) is 0.527. The molecule has 0 saturated heterocycles. The second-order valence-corrected chi connectivity index (χ2v) is 6.92. The van der Waals surface area contributed by atoms with Gasteiger partial charge < -0.3 is 5.32 Å². The molecule has 1 aromatic heterocycles. The van der Waals surface area contributed by atoms with Crippen LogP contribution in [0.4, 0.5) is 11.5 Å². The molecular weight excluding hydrogens is 326 g/mol. The Hall–Kier alpha value is -2.12. The highest BCUT2D eigenvalue weighted by atomic mass is 35.5.